The molecule has 0 radical (unpaired) electrons. The highest BCUT2D eigenvalue weighted by Gasteiger charge is 2.01. The van der Waals surface area contributed by atoms with Crippen LogP contribution in [0.3, 0.4) is 0 Å². The summed E-state index contributed by atoms with van der Waals surface area (Å²) < 4.78 is 0. The smallest absolute Gasteiger partial charge is 0.269 e. The number of nitrogens with zero attached hydrogens (tertiary/aromatic N) is 2. The summed E-state index contributed by atoms with van der Waals surface area (Å²) in [6.07, 6.45) is 0. The third-order valence-electron chi connectivity index (χ3n) is 3.57. The van der Waals surface area contributed by atoms with Crippen LogP contribution in [0.25, 0.3) is 0 Å². The second kappa shape index (κ2) is 14.9. The monoisotopic (exact) mass is 523 g/mol. The summed E-state index contributed by atoms with van der Waals surface area (Å²) in [5.41, 5.74) is 9.86. The lowest BCUT2D eigenvalue weighted by atomic mass is 10.2. The zero-order chi connectivity index (χ0) is 23.1. The van der Waals surface area contributed by atoms with Gasteiger partial charge in [0.25, 0.3) is 11.4 Å². The number of aryl methyl sites for hydroxylation is 3. The number of nitro benzene ring substituents is 2. The van der Waals surface area contributed by atoms with Crippen molar-refractivity contribution in [2.45, 2.75) is 20.8 Å². The van der Waals surface area contributed by atoms with E-state index in [4.69, 9.17) is 5.73 Å². The lowest BCUT2D eigenvalue weighted by Crippen LogP contribution is -1.86. The van der Waals surface area contributed by atoms with Crippen LogP contribution in [0.4, 0.5) is 17.1 Å². The molecule has 0 aliphatic heterocycles. The summed E-state index contributed by atoms with van der Waals surface area (Å²) in [7, 11) is 0. The Kier molecular flexibility index (Phi) is 13.4. The lowest BCUT2D eigenvalue weighted by Gasteiger charge is -1.90. The molecular weight excluding hydrogens is 497 g/mol. The molecule has 3 aromatic carbocycles. The number of hydrogen-bond donors (Lipinski definition) is 1. The Hall–Kier alpha value is -3.01. The summed E-state index contributed by atoms with van der Waals surface area (Å²) in [6, 6.07) is 20.6. The second-order valence-corrected chi connectivity index (χ2v) is 6.10. The van der Waals surface area contributed by atoms with Crippen molar-refractivity contribution in [1.29, 1.82) is 0 Å². The molecule has 3 aromatic rings. The third kappa shape index (κ3) is 11.7. The number of benzene rings is 3. The van der Waals surface area contributed by atoms with Crippen molar-refractivity contribution in [3.63, 3.8) is 0 Å². The quantitative estimate of drug-likeness (QED) is 0.137. The number of nitro groups is 2. The minimum atomic E-state index is -0.403. The number of non-ortho nitro benzene ring substituents is 2. The lowest BCUT2D eigenvalue weighted by molar-refractivity contribution is -0.385. The van der Waals surface area contributed by atoms with Crippen molar-refractivity contribution in [3.8, 4) is 0 Å². The predicted molar refractivity (Wildman–Crippen MR) is 131 cm³/mol. The highest BCUT2D eigenvalue weighted by Crippen LogP contribution is 2.11. The Morgan fingerprint density at radius 1 is 0.600 bits per heavy atom. The number of nitrogens with two attached hydrogens (primary N) is 1. The maximum absolute atomic E-state index is 10.1. The van der Waals surface area contributed by atoms with Crippen molar-refractivity contribution in [2.75, 3.05) is 10.7 Å². The van der Waals surface area contributed by atoms with Gasteiger partial charge in [-0.2, -0.15) is 0 Å². The molecule has 0 spiro atoms. The fourth-order valence-corrected chi connectivity index (χ4v) is 1.90. The van der Waals surface area contributed by atoms with E-state index in [9.17, 15) is 20.2 Å². The van der Waals surface area contributed by atoms with Crippen LogP contribution in [0.15, 0.2) is 72.8 Å². The zero-order valence-corrected chi connectivity index (χ0v) is 19.6. The first-order valence-electron chi connectivity index (χ1n) is 8.81. The number of anilines is 1. The third-order valence-corrected chi connectivity index (χ3v) is 3.57. The van der Waals surface area contributed by atoms with Crippen LogP contribution in [0.2, 0.25) is 0 Å². The van der Waals surface area contributed by atoms with Crippen molar-refractivity contribution in [3.05, 3.63) is 110 Å². The van der Waals surface area contributed by atoms with Gasteiger partial charge < -0.3 is 5.73 Å². The maximum Gasteiger partial charge on any atom is 0.269 e. The number of hydrogen-bond acceptors (Lipinski definition) is 5. The molecule has 8 heteroatoms. The van der Waals surface area contributed by atoms with Gasteiger partial charge in [0.15, 0.2) is 0 Å². The van der Waals surface area contributed by atoms with Crippen molar-refractivity contribution in [1.82, 2.24) is 0 Å². The van der Waals surface area contributed by atoms with E-state index >= 15 is 0 Å². The molecule has 3 rings (SSSR count). The molecule has 0 aromatic heterocycles. The van der Waals surface area contributed by atoms with Crippen LogP contribution in [0.1, 0.15) is 16.7 Å². The van der Waals surface area contributed by atoms with E-state index in [2.05, 4.69) is 22.6 Å². The SMILES string of the molecule is CI.Cc1ccc(N)cc1.Cc1ccc([N+](=O)[O-])cc1.Cc1ccc([N+](=O)[O-])cc1. The van der Waals surface area contributed by atoms with Gasteiger partial charge in [-0.15, -0.1) is 0 Å². The van der Waals surface area contributed by atoms with Gasteiger partial charge in [-0.3, -0.25) is 20.2 Å². The van der Waals surface area contributed by atoms with Crippen LogP contribution < -0.4 is 5.73 Å². The number of alkyl halides is 1. The predicted octanol–water partition coefficient (Wildman–Crippen LogP) is 6.43. The number of halogens is 1. The van der Waals surface area contributed by atoms with Gasteiger partial charge in [0.2, 0.25) is 0 Å². The summed E-state index contributed by atoms with van der Waals surface area (Å²) >= 11 is 2.15. The minimum absolute atomic E-state index is 0.144. The minimum Gasteiger partial charge on any atom is -0.399 e. The van der Waals surface area contributed by atoms with E-state index in [0.717, 1.165) is 16.8 Å². The molecule has 0 heterocycles. The average molecular weight is 523 g/mol. The highest BCUT2D eigenvalue weighted by atomic mass is 127. The molecule has 0 aliphatic rings. The molecule has 0 bridgehead atoms. The first kappa shape index (κ1) is 27.0. The molecule has 7 nitrogen and oxygen atoms in total. The van der Waals surface area contributed by atoms with E-state index in [1.165, 1.54) is 29.8 Å². The zero-order valence-electron chi connectivity index (χ0n) is 17.4. The van der Waals surface area contributed by atoms with Gasteiger partial charge in [-0.1, -0.05) is 75.7 Å². The Morgan fingerprint density at radius 3 is 1.03 bits per heavy atom. The summed E-state index contributed by atoms with van der Waals surface area (Å²) in [5, 5.41) is 20.2. The normalized spacial score (nSPS) is 8.83. The molecule has 30 heavy (non-hydrogen) atoms. The van der Waals surface area contributed by atoms with Crippen LogP contribution in [-0.4, -0.2) is 14.8 Å². The standard InChI is InChI=1S/2C7H7NO2.C7H9N.CH3I/c2*1-6-2-4-7(5-3-6)8(9)10;1-6-2-4-7(8)5-3-6;1-2/h2*2-5H,1H3;2-5H,8H2,1H3;1H3. The van der Waals surface area contributed by atoms with Crippen molar-refractivity contribution < 1.29 is 9.85 Å². The summed E-state index contributed by atoms with van der Waals surface area (Å²) in [5.74, 6) is 0. The first-order valence-corrected chi connectivity index (χ1v) is 11.0. The van der Waals surface area contributed by atoms with Crippen LogP contribution in [-0.2, 0) is 0 Å². The topological polar surface area (TPSA) is 112 Å². The fourth-order valence-electron chi connectivity index (χ4n) is 1.90. The van der Waals surface area contributed by atoms with Gasteiger partial charge in [0, 0.05) is 30.0 Å². The van der Waals surface area contributed by atoms with E-state index in [0.29, 0.717) is 0 Å². The molecule has 0 saturated heterocycles. The van der Waals surface area contributed by atoms with E-state index < -0.39 is 9.85 Å². The Labute approximate surface area is 190 Å². The van der Waals surface area contributed by atoms with Crippen molar-refractivity contribution in [2.24, 2.45) is 0 Å². The van der Waals surface area contributed by atoms with Gasteiger partial charge in [-0.25, -0.2) is 0 Å². The van der Waals surface area contributed by atoms with Crippen LogP contribution in [0.5, 0.6) is 0 Å². The number of rotatable bonds is 2. The van der Waals surface area contributed by atoms with Gasteiger partial charge in [0.05, 0.1) is 9.85 Å². The van der Waals surface area contributed by atoms with E-state index in [-0.39, 0.29) is 11.4 Å². The molecule has 160 valence electrons. The largest absolute Gasteiger partial charge is 0.399 e. The molecule has 2 N–H and O–H groups in total. The molecule has 0 amide bonds. The second-order valence-electron chi connectivity index (χ2n) is 6.10. The first-order chi connectivity index (χ1) is 14.2. The number of nitrogen functional groups attached to an aromatic ring is 1. The van der Waals surface area contributed by atoms with E-state index in [1.54, 1.807) is 24.3 Å². The Morgan fingerprint density at radius 2 is 0.833 bits per heavy atom. The highest BCUT2D eigenvalue weighted by molar-refractivity contribution is 14.1. The van der Waals surface area contributed by atoms with Gasteiger partial charge in [0.1, 0.15) is 0 Å². The van der Waals surface area contributed by atoms with Gasteiger partial charge in [-0.05, 0) is 37.8 Å². The Balaban J connectivity index is 0.000000406. The van der Waals surface area contributed by atoms with Crippen molar-refractivity contribution >= 4 is 39.7 Å². The fraction of sp³-hybridized carbons (Fsp3) is 0.182. The Bertz CT molecular complexity index is 821. The molecule has 0 fully saturated rings. The van der Waals surface area contributed by atoms with Crippen LogP contribution in [0, 0.1) is 41.0 Å². The van der Waals surface area contributed by atoms with E-state index in [1.807, 2.05) is 50.0 Å². The maximum atomic E-state index is 10.1. The summed E-state index contributed by atoms with van der Waals surface area (Å²) in [6.45, 7) is 5.83. The van der Waals surface area contributed by atoms with Gasteiger partial charge >= 0.3 is 0 Å². The molecule has 0 atom stereocenters. The molecule has 0 unspecified atom stereocenters. The molecule has 0 saturated carbocycles. The van der Waals surface area contributed by atoms with Crippen LogP contribution >= 0.6 is 22.6 Å². The average Bonchev–Trinajstić information content (AvgIpc) is 2.73. The molecule has 0 aliphatic carbocycles. The molecular formula is C22H26IN3O4. The summed E-state index contributed by atoms with van der Waals surface area (Å²) in [4.78, 5) is 21.4.